The van der Waals surface area contributed by atoms with E-state index in [0.717, 1.165) is 12.8 Å². The van der Waals surface area contributed by atoms with Crippen LogP contribution in [-0.4, -0.2) is 44.9 Å². The van der Waals surface area contributed by atoms with Gasteiger partial charge in [-0.3, -0.25) is 4.79 Å². The minimum Gasteiger partial charge on any atom is -0.378 e. The zero-order valence-electron chi connectivity index (χ0n) is 12.4. The number of carbonyl (C=O) groups is 1. The molecule has 1 aliphatic heterocycles. The van der Waals surface area contributed by atoms with Crippen molar-refractivity contribution in [1.29, 1.82) is 0 Å². The van der Waals surface area contributed by atoms with Crippen LogP contribution in [0.2, 0.25) is 0 Å². The van der Waals surface area contributed by atoms with Crippen LogP contribution < -0.4 is 11.1 Å². The highest BCUT2D eigenvalue weighted by molar-refractivity contribution is 5.76. The van der Waals surface area contributed by atoms with Crippen LogP contribution in [-0.2, 0) is 14.3 Å². The van der Waals surface area contributed by atoms with E-state index in [4.69, 9.17) is 15.2 Å². The van der Waals surface area contributed by atoms with Gasteiger partial charge in [0.1, 0.15) is 5.60 Å². The van der Waals surface area contributed by atoms with Crippen LogP contribution in [0, 0.1) is 11.8 Å². The summed E-state index contributed by atoms with van der Waals surface area (Å²) in [5.74, 6) is 0.882. The molecule has 1 rings (SSSR count). The number of amides is 1. The average Bonchev–Trinajstić information content (AvgIpc) is 2.84. The smallest absolute Gasteiger partial charge is 0.220 e. The average molecular weight is 272 g/mol. The van der Waals surface area contributed by atoms with Crippen LogP contribution in [0.1, 0.15) is 33.1 Å². The van der Waals surface area contributed by atoms with E-state index in [1.807, 2.05) is 0 Å². The Kier molecular flexibility index (Phi) is 6.75. The topological polar surface area (TPSA) is 73.6 Å². The Balaban J connectivity index is 2.33. The number of hydrogen-bond donors (Lipinski definition) is 2. The van der Waals surface area contributed by atoms with Crippen molar-refractivity contribution < 1.29 is 14.3 Å². The van der Waals surface area contributed by atoms with Crippen LogP contribution in [0.3, 0.4) is 0 Å². The molecule has 3 N–H and O–H groups in total. The van der Waals surface area contributed by atoms with Crippen LogP contribution in [0.15, 0.2) is 0 Å². The summed E-state index contributed by atoms with van der Waals surface area (Å²) in [6.07, 6.45) is 2.31. The Bertz CT molecular complexity index is 276. The normalized spacial score (nSPS) is 24.7. The van der Waals surface area contributed by atoms with Crippen molar-refractivity contribution in [3.05, 3.63) is 0 Å². The van der Waals surface area contributed by atoms with Gasteiger partial charge in [-0.25, -0.2) is 0 Å². The SMILES string of the molecule is COC1(CNC(=O)CC(CN)CC(C)C)CCOC1. The Hall–Kier alpha value is -0.650. The first kappa shape index (κ1) is 16.4. The molecule has 2 atom stereocenters. The lowest BCUT2D eigenvalue weighted by molar-refractivity contribution is -0.123. The number of rotatable bonds is 8. The van der Waals surface area contributed by atoms with Gasteiger partial charge >= 0.3 is 0 Å². The van der Waals surface area contributed by atoms with Crippen molar-refractivity contribution in [2.45, 2.75) is 38.7 Å². The lowest BCUT2D eigenvalue weighted by Gasteiger charge is -2.26. The van der Waals surface area contributed by atoms with Crippen molar-refractivity contribution in [2.75, 3.05) is 33.4 Å². The lowest BCUT2D eigenvalue weighted by Crippen LogP contribution is -2.45. The van der Waals surface area contributed by atoms with Gasteiger partial charge in [-0.15, -0.1) is 0 Å². The summed E-state index contributed by atoms with van der Waals surface area (Å²) in [7, 11) is 1.67. The molecule has 0 aromatic carbocycles. The van der Waals surface area contributed by atoms with Gasteiger partial charge in [0.15, 0.2) is 0 Å². The fourth-order valence-corrected chi connectivity index (χ4v) is 2.48. The molecule has 5 heteroatoms. The fraction of sp³-hybridized carbons (Fsp3) is 0.929. The molecule has 1 heterocycles. The number of nitrogens with two attached hydrogens (primary N) is 1. The highest BCUT2D eigenvalue weighted by atomic mass is 16.5. The van der Waals surface area contributed by atoms with E-state index in [2.05, 4.69) is 19.2 Å². The predicted molar refractivity (Wildman–Crippen MR) is 74.8 cm³/mol. The molecule has 0 aromatic heterocycles. The maximum Gasteiger partial charge on any atom is 0.220 e. The van der Waals surface area contributed by atoms with E-state index < -0.39 is 0 Å². The molecule has 0 aliphatic carbocycles. The first-order valence-electron chi connectivity index (χ1n) is 7.11. The van der Waals surface area contributed by atoms with Gasteiger partial charge in [0, 0.05) is 33.1 Å². The van der Waals surface area contributed by atoms with E-state index in [1.165, 1.54) is 0 Å². The quantitative estimate of drug-likeness (QED) is 0.689. The van der Waals surface area contributed by atoms with Crippen LogP contribution >= 0.6 is 0 Å². The molecule has 0 aromatic rings. The molecule has 0 radical (unpaired) electrons. The van der Waals surface area contributed by atoms with Crippen molar-refractivity contribution >= 4 is 5.91 Å². The zero-order valence-corrected chi connectivity index (χ0v) is 12.4. The van der Waals surface area contributed by atoms with Gasteiger partial charge in [-0.05, 0) is 24.8 Å². The summed E-state index contributed by atoms with van der Waals surface area (Å²) in [6.45, 7) is 6.62. The van der Waals surface area contributed by atoms with E-state index in [-0.39, 0.29) is 17.4 Å². The summed E-state index contributed by atoms with van der Waals surface area (Å²) < 4.78 is 10.8. The molecule has 0 saturated carbocycles. The standard InChI is InChI=1S/C14H28N2O3/c1-11(2)6-12(8-15)7-13(17)16-9-14(18-3)4-5-19-10-14/h11-12H,4-10,15H2,1-3H3,(H,16,17). The third-order valence-corrected chi connectivity index (χ3v) is 3.72. The maximum atomic E-state index is 11.9. The van der Waals surface area contributed by atoms with Crippen LogP contribution in [0.4, 0.5) is 0 Å². The highest BCUT2D eigenvalue weighted by Crippen LogP contribution is 2.21. The first-order valence-corrected chi connectivity index (χ1v) is 7.11. The number of carbonyl (C=O) groups excluding carboxylic acids is 1. The zero-order chi connectivity index (χ0) is 14.3. The summed E-state index contributed by atoms with van der Waals surface area (Å²) >= 11 is 0. The van der Waals surface area contributed by atoms with Gasteiger partial charge in [0.2, 0.25) is 5.91 Å². The number of ether oxygens (including phenoxy) is 2. The van der Waals surface area contributed by atoms with E-state index >= 15 is 0 Å². The van der Waals surface area contributed by atoms with Gasteiger partial charge in [-0.2, -0.15) is 0 Å². The second kappa shape index (κ2) is 7.82. The largest absolute Gasteiger partial charge is 0.378 e. The van der Waals surface area contributed by atoms with Crippen molar-refractivity contribution in [3.8, 4) is 0 Å². The lowest BCUT2D eigenvalue weighted by atomic mass is 9.94. The molecule has 112 valence electrons. The molecular formula is C14H28N2O3. The van der Waals surface area contributed by atoms with Crippen molar-refractivity contribution in [1.82, 2.24) is 5.32 Å². The molecule has 0 bridgehead atoms. The predicted octanol–water partition coefficient (Wildman–Crippen LogP) is 0.919. The summed E-state index contributed by atoms with van der Waals surface area (Å²) in [6, 6.07) is 0. The summed E-state index contributed by atoms with van der Waals surface area (Å²) in [5, 5.41) is 2.95. The molecule has 5 nitrogen and oxygen atoms in total. The number of hydrogen-bond acceptors (Lipinski definition) is 4. The molecule has 0 spiro atoms. The van der Waals surface area contributed by atoms with Gasteiger partial charge < -0.3 is 20.5 Å². The van der Waals surface area contributed by atoms with Gasteiger partial charge in [0.05, 0.1) is 6.61 Å². The Morgan fingerprint density at radius 3 is 2.74 bits per heavy atom. The summed E-state index contributed by atoms with van der Waals surface area (Å²) in [5.41, 5.74) is 5.37. The second-order valence-corrected chi connectivity index (χ2v) is 5.90. The Morgan fingerprint density at radius 2 is 2.26 bits per heavy atom. The molecule has 1 aliphatic rings. The Labute approximate surface area is 116 Å². The molecular weight excluding hydrogens is 244 g/mol. The molecule has 1 fully saturated rings. The maximum absolute atomic E-state index is 11.9. The minimum atomic E-state index is -0.341. The fourth-order valence-electron chi connectivity index (χ4n) is 2.48. The molecule has 2 unspecified atom stereocenters. The molecule has 19 heavy (non-hydrogen) atoms. The number of nitrogens with one attached hydrogen (secondary N) is 1. The monoisotopic (exact) mass is 272 g/mol. The van der Waals surface area contributed by atoms with Crippen LogP contribution in [0.5, 0.6) is 0 Å². The number of methoxy groups -OCH3 is 1. The highest BCUT2D eigenvalue weighted by Gasteiger charge is 2.35. The second-order valence-electron chi connectivity index (χ2n) is 5.90. The molecule has 1 amide bonds. The van der Waals surface area contributed by atoms with E-state index in [1.54, 1.807) is 7.11 Å². The van der Waals surface area contributed by atoms with Gasteiger partial charge in [-0.1, -0.05) is 13.8 Å². The van der Waals surface area contributed by atoms with E-state index in [0.29, 0.717) is 38.6 Å². The van der Waals surface area contributed by atoms with Crippen molar-refractivity contribution in [3.63, 3.8) is 0 Å². The van der Waals surface area contributed by atoms with E-state index in [9.17, 15) is 4.79 Å². The Morgan fingerprint density at radius 1 is 1.53 bits per heavy atom. The van der Waals surface area contributed by atoms with Crippen molar-refractivity contribution in [2.24, 2.45) is 17.6 Å². The van der Waals surface area contributed by atoms with Crippen LogP contribution in [0.25, 0.3) is 0 Å². The summed E-state index contributed by atoms with van der Waals surface area (Å²) in [4.78, 5) is 11.9. The minimum absolute atomic E-state index is 0.0550. The van der Waals surface area contributed by atoms with Gasteiger partial charge in [0.25, 0.3) is 0 Å². The first-order chi connectivity index (χ1) is 9.01. The molecule has 1 saturated heterocycles. The third kappa shape index (κ3) is 5.47. The third-order valence-electron chi connectivity index (χ3n) is 3.72.